The molecule has 1 aliphatic heterocycles. The highest BCUT2D eigenvalue weighted by Crippen LogP contribution is 2.21. The van der Waals surface area contributed by atoms with Gasteiger partial charge in [-0.1, -0.05) is 6.08 Å². The van der Waals surface area contributed by atoms with Crippen molar-refractivity contribution in [2.45, 2.75) is 25.0 Å². The zero-order valence-electron chi connectivity index (χ0n) is 6.76. The molecule has 0 saturated carbocycles. The van der Waals surface area contributed by atoms with Crippen LogP contribution in [0.25, 0.3) is 0 Å². The van der Waals surface area contributed by atoms with Crippen LogP contribution in [-0.2, 0) is 14.2 Å². The lowest BCUT2D eigenvalue weighted by atomic mass is 10.0. The normalized spacial score (nSPS) is 32.3. The Labute approximate surface area is 74.3 Å². The number of carbonyl (C=O) groups is 2. The summed E-state index contributed by atoms with van der Waals surface area (Å²) in [5.74, 6) is 0. The fourth-order valence-corrected chi connectivity index (χ4v) is 1.37. The van der Waals surface area contributed by atoms with Crippen molar-refractivity contribution in [3.05, 3.63) is 12.2 Å². The molecule has 1 aliphatic carbocycles. The second-order valence-corrected chi connectivity index (χ2v) is 2.85. The van der Waals surface area contributed by atoms with Gasteiger partial charge >= 0.3 is 12.3 Å². The van der Waals surface area contributed by atoms with Gasteiger partial charge in [-0.25, -0.2) is 9.59 Å². The van der Waals surface area contributed by atoms with Crippen LogP contribution in [0.3, 0.4) is 0 Å². The van der Waals surface area contributed by atoms with Crippen LogP contribution in [0.4, 0.5) is 9.59 Å². The van der Waals surface area contributed by atoms with Crippen LogP contribution in [0.2, 0.25) is 0 Å². The molecule has 0 N–H and O–H groups in total. The molecule has 2 rings (SSSR count). The van der Waals surface area contributed by atoms with Crippen LogP contribution in [0.15, 0.2) is 12.2 Å². The summed E-state index contributed by atoms with van der Waals surface area (Å²) in [6.07, 6.45) is 2.19. The van der Waals surface area contributed by atoms with Crippen molar-refractivity contribution < 1.29 is 23.8 Å². The van der Waals surface area contributed by atoms with E-state index in [-0.39, 0.29) is 0 Å². The van der Waals surface area contributed by atoms with Gasteiger partial charge in [-0.3, -0.25) is 0 Å². The standard InChI is InChI=1S/C8H8O5/c9-7-11-5-3-1-2-4-6(5)12-8(10)13-7/h1,3,5-6H,2,4H2. The molecule has 0 aromatic carbocycles. The summed E-state index contributed by atoms with van der Waals surface area (Å²) in [4.78, 5) is 21.5. The van der Waals surface area contributed by atoms with E-state index < -0.39 is 24.5 Å². The first-order valence-electron chi connectivity index (χ1n) is 4.01. The van der Waals surface area contributed by atoms with Gasteiger partial charge in [-0.05, 0) is 18.9 Å². The third-order valence-electron chi connectivity index (χ3n) is 1.96. The molecule has 1 saturated heterocycles. The van der Waals surface area contributed by atoms with E-state index in [1.807, 2.05) is 6.08 Å². The van der Waals surface area contributed by atoms with Crippen molar-refractivity contribution in [1.29, 1.82) is 0 Å². The summed E-state index contributed by atoms with van der Waals surface area (Å²) >= 11 is 0. The van der Waals surface area contributed by atoms with Gasteiger partial charge in [-0.2, -0.15) is 0 Å². The van der Waals surface area contributed by atoms with Gasteiger partial charge in [0.1, 0.15) is 6.10 Å². The summed E-state index contributed by atoms with van der Waals surface area (Å²) < 4.78 is 13.8. The monoisotopic (exact) mass is 184 g/mol. The third-order valence-corrected chi connectivity index (χ3v) is 1.96. The molecule has 1 heterocycles. The molecular formula is C8H8O5. The lowest BCUT2D eigenvalue weighted by Gasteiger charge is -2.21. The van der Waals surface area contributed by atoms with Crippen LogP contribution in [-0.4, -0.2) is 24.5 Å². The molecule has 2 atom stereocenters. The molecule has 5 nitrogen and oxygen atoms in total. The molecular weight excluding hydrogens is 176 g/mol. The van der Waals surface area contributed by atoms with Crippen molar-refractivity contribution in [2.75, 3.05) is 0 Å². The topological polar surface area (TPSA) is 61.8 Å². The first kappa shape index (κ1) is 8.10. The van der Waals surface area contributed by atoms with Gasteiger partial charge in [-0.15, -0.1) is 0 Å². The summed E-state index contributed by atoms with van der Waals surface area (Å²) in [6.45, 7) is 0. The zero-order valence-corrected chi connectivity index (χ0v) is 6.76. The number of allylic oxidation sites excluding steroid dienone is 1. The Morgan fingerprint density at radius 2 is 2.00 bits per heavy atom. The van der Waals surface area contributed by atoms with Crippen molar-refractivity contribution in [3.8, 4) is 0 Å². The highest BCUT2D eigenvalue weighted by Gasteiger charge is 2.34. The fraction of sp³-hybridized carbons (Fsp3) is 0.500. The number of ether oxygens (including phenoxy) is 3. The van der Waals surface area contributed by atoms with Crippen molar-refractivity contribution in [3.63, 3.8) is 0 Å². The fourth-order valence-electron chi connectivity index (χ4n) is 1.37. The molecule has 0 bridgehead atoms. The maximum atomic E-state index is 10.8. The molecule has 0 spiro atoms. The smallest absolute Gasteiger partial charge is 0.426 e. The van der Waals surface area contributed by atoms with E-state index >= 15 is 0 Å². The quantitative estimate of drug-likeness (QED) is 0.323. The second kappa shape index (κ2) is 3.08. The second-order valence-electron chi connectivity index (χ2n) is 2.85. The molecule has 70 valence electrons. The average molecular weight is 184 g/mol. The summed E-state index contributed by atoms with van der Waals surface area (Å²) in [5.41, 5.74) is 0. The van der Waals surface area contributed by atoms with E-state index in [9.17, 15) is 9.59 Å². The predicted octanol–water partition coefficient (Wildman–Crippen LogP) is 1.38. The molecule has 5 heteroatoms. The zero-order chi connectivity index (χ0) is 9.26. The Morgan fingerprint density at radius 3 is 2.85 bits per heavy atom. The highest BCUT2D eigenvalue weighted by molar-refractivity contribution is 5.78. The van der Waals surface area contributed by atoms with Gasteiger partial charge in [0, 0.05) is 0 Å². The molecule has 1 fully saturated rings. The van der Waals surface area contributed by atoms with Crippen LogP contribution >= 0.6 is 0 Å². The molecule has 13 heavy (non-hydrogen) atoms. The van der Waals surface area contributed by atoms with Gasteiger partial charge in [0.05, 0.1) is 0 Å². The Balaban J connectivity index is 2.17. The van der Waals surface area contributed by atoms with E-state index in [1.165, 1.54) is 0 Å². The maximum Gasteiger partial charge on any atom is 0.519 e. The molecule has 0 aromatic heterocycles. The number of hydrogen-bond donors (Lipinski definition) is 0. The highest BCUT2D eigenvalue weighted by atomic mass is 16.8. The number of hydrogen-bond acceptors (Lipinski definition) is 5. The number of fused-ring (bicyclic) bond motifs is 1. The van der Waals surface area contributed by atoms with E-state index in [0.29, 0.717) is 6.42 Å². The summed E-state index contributed by atoms with van der Waals surface area (Å²) in [6, 6.07) is 0. The molecule has 0 amide bonds. The number of carbonyl (C=O) groups excluding carboxylic acids is 2. The third kappa shape index (κ3) is 1.63. The molecule has 0 aromatic rings. The molecule has 2 unspecified atom stereocenters. The number of rotatable bonds is 0. The van der Waals surface area contributed by atoms with Gasteiger partial charge in [0.15, 0.2) is 6.10 Å². The molecule has 0 radical (unpaired) electrons. The summed E-state index contributed by atoms with van der Waals surface area (Å²) in [5, 5.41) is 0. The van der Waals surface area contributed by atoms with Gasteiger partial charge < -0.3 is 14.2 Å². The van der Waals surface area contributed by atoms with Crippen molar-refractivity contribution >= 4 is 12.3 Å². The van der Waals surface area contributed by atoms with Crippen LogP contribution in [0, 0.1) is 0 Å². The van der Waals surface area contributed by atoms with Crippen molar-refractivity contribution in [1.82, 2.24) is 0 Å². The Hall–Kier alpha value is -1.52. The van der Waals surface area contributed by atoms with E-state index in [0.717, 1.165) is 6.42 Å². The minimum absolute atomic E-state index is 0.399. The Kier molecular flexibility index (Phi) is 1.92. The van der Waals surface area contributed by atoms with Crippen LogP contribution < -0.4 is 0 Å². The predicted molar refractivity (Wildman–Crippen MR) is 40.0 cm³/mol. The Bertz CT molecular complexity index is 270. The largest absolute Gasteiger partial charge is 0.519 e. The lowest BCUT2D eigenvalue weighted by molar-refractivity contribution is 0.0283. The molecule has 2 aliphatic rings. The number of cyclic esters (lactones) is 2. The minimum atomic E-state index is -0.996. The maximum absolute atomic E-state index is 10.8. The minimum Gasteiger partial charge on any atom is -0.426 e. The Morgan fingerprint density at radius 1 is 1.23 bits per heavy atom. The first-order valence-corrected chi connectivity index (χ1v) is 4.01. The summed E-state index contributed by atoms with van der Waals surface area (Å²) in [7, 11) is 0. The van der Waals surface area contributed by atoms with E-state index in [2.05, 4.69) is 4.74 Å². The van der Waals surface area contributed by atoms with Crippen LogP contribution in [0.1, 0.15) is 12.8 Å². The lowest BCUT2D eigenvalue weighted by Crippen LogP contribution is -2.31. The SMILES string of the molecule is O=C1OC(=O)OC2CCC=CC2O1. The van der Waals surface area contributed by atoms with Gasteiger partial charge in [0.25, 0.3) is 0 Å². The average Bonchev–Trinajstić information content (AvgIpc) is 2.20. The first-order chi connectivity index (χ1) is 6.25. The van der Waals surface area contributed by atoms with Gasteiger partial charge in [0.2, 0.25) is 0 Å². The van der Waals surface area contributed by atoms with E-state index in [1.54, 1.807) is 6.08 Å². The van der Waals surface area contributed by atoms with Crippen molar-refractivity contribution in [2.24, 2.45) is 0 Å². The van der Waals surface area contributed by atoms with Crippen LogP contribution in [0.5, 0.6) is 0 Å². The van der Waals surface area contributed by atoms with E-state index in [4.69, 9.17) is 9.47 Å².